The molecule has 122 valence electrons. The van der Waals surface area contributed by atoms with Crippen LogP contribution in [0.25, 0.3) is 0 Å². The molecular weight excluding hydrogens is 276 g/mol. The number of piperazine rings is 1. The third-order valence-corrected chi connectivity index (χ3v) is 4.57. The Labute approximate surface area is 133 Å². The van der Waals surface area contributed by atoms with Crippen molar-refractivity contribution in [2.75, 3.05) is 32.8 Å². The Morgan fingerprint density at radius 1 is 1.23 bits per heavy atom. The van der Waals surface area contributed by atoms with Crippen molar-refractivity contribution < 1.29 is 9.53 Å². The van der Waals surface area contributed by atoms with E-state index in [9.17, 15) is 4.79 Å². The number of benzene rings is 1. The summed E-state index contributed by atoms with van der Waals surface area (Å²) in [6, 6.07) is 8.25. The van der Waals surface area contributed by atoms with Crippen molar-refractivity contribution >= 4 is 5.91 Å². The van der Waals surface area contributed by atoms with E-state index in [0.717, 1.165) is 38.3 Å². The van der Waals surface area contributed by atoms with Gasteiger partial charge in [0, 0.05) is 26.2 Å². The Balaban J connectivity index is 1.78. The second kappa shape index (κ2) is 7.63. The fourth-order valence-electron chi connectivity index (χ4n) is 2.54. The van der Waals surface area contributed by atoms with E-state index in [2.05, 4.69) is 38.2 Å². The van der Waals surface area contributed by atoms with Crippen LogP contribution in [0.3, 0.4) is 0 Å². The van der Waals surface area contributed by atoms with Gasteiger partial charge in [0.2, 0.25) is 5.91 Å². The highest BCUT2D eigenvalue weighted by Gasteiger charge is 2.18. The summed E-state index contributed by atoms with van der Waals surface area (Å²) in [6.45, 7) is 10.5. The molecule has 0 aliphatic carbocycles. The molecule has 0 unspecified atom stereocenters. The van der Waals surface area contributed by atoms with Crippen molar-refractivity contribution in [3.63, 3.8) is 0 Å². The first-order chi connectivity index (χ1) is 10.5. The predicted molar refractivity (Wildman–Crippen MR) is 89.3 cm³/mol. The smallest absolute Gasteiger partial charge is 0.226 e. The van der Waals surface area contributed by atoms with Gasteiger partial charge < -0.3 is 15.0 Å². The molecule has 1 aromatic carbocycles. The van der Waals surface area contributed by atoms with E-state index in [0.29, 0.717) is 13.0 Å². The first-order valence-corrected chi connectivity index (χ1v) is 8.25. The normalized spacial score (nSPS) is 15.7. The van der Waals surface area contributed by atoms with Crippen molar-refractivity contribution in [1.82, 2.24) is 10.2 Å². The van der Waals surface area contributed by atoms with E-state index >= 15 is 0 Å². The summed E-state index contributed by atoms with van der Waals surface area (Å²) >= 11 is 0. The summed E-state index contributed by atoms with van der Waals surface area (Å²) in [7, 11) is 0. The van der Waals surface area contributed by atoms with Crippen molar-refractivity contribution in [3.8, 4) is 5.75 Å². The maximum Gasteiger partial charge on any atom is 0.226 e. The molecule has 4 nitrogen and oxygen atoms in total. The highest BCUT2D eigenvalue weighted by atomic mass is 16.5. The predicted octanol–water partition coefficient (Wildman–Crippen LogP) is 2.57. The topological polar surface area (TPSA) is 41.6 Å². The number of carbonyl (C=O) groups is 1. The van der Waals surface area contributed by atoms with Gasteiger partial charge in [0.1, 0.15) is 5.75 Å². The molecule has 0 saturated carbocycles. The molecule has 1 N–H and O–H groups in total. The molecule has 1 heterocycles. The summed E-state index contributed by atoms with van der Waals surface area (Å²) in [5, 5.41) is 3.25. The van der Waals surface area contributed by atoms with E-state index in [-0.39, 0.29) is 11.3 Å². The number of nitrogens with one attached hydrogen (secondary N) is 1. The van der Waals surface area contributed by atoms with Crippen molar-refractivity contribution in [2.24, 2.45) is 0 Å². The number of ether oxygens (including phenoxy) is 1. The van der Waals surface area contributed by atoms with E-state index in [1.54, 1.807) is 0 Å². The Hall–Kier alpha value is -1.55. The maximum absolute atomic E-state index is 12.0. The van der Waals surface area contributed by atoms with E-state index < -0.39 is 0 Å². The first-order valence-electron chi connectivity index (χ1n) is 8.25. The van der Waals surface area contributed by atoms with Crippen LogP contribution < -0.4 is 10.1 Å². The number of carbonyl (C=O) groups excluding carboxylic acids is 1. The van der Waals surface area contributed by atoms with Gasteiger partial charge in [-0.15, -0.1) is 0 Å². The molecule has 2 rings (SSSR count). The zero-order chi connectivity index (χ0) is 16.0. The van der Waals surface area contributed by atoms with Crippen LogP contribution in [0, 0.1) is 0 Å². The first kappa shape index (κ1) is 16.8. The molecule has 1 aliphatic heterocycles. The van der Waals surface area contributed by atoms with Gasteiger partial charge in [-0.05, 0) is 29.5 Å². The number of nitrogens with zero attached hydrogens (tertiary/aromatic N) is 1. The molecule has 1 fully saturated rings. The van der Waals surface area contributed by atoms with Gasteiger partial charge in [0.15, 0.2) is 0 Å². The van der Waals surface area contributed by atoms with Crippen LogP contribution in [0.2, 0.25) is 0 Å². The summed E-state index contributed by atoms with van der Waals surface area (Å²) in [4.78, 5) is 13.9. The Kier molecular flexibility index (Phi) is 5.83. The molecule has 1 aliphatic rings. The van der Waals surface area contributed by atoms with Gasteiger partial charge in [0.25, 0.3) is 0 Å². The Bertz CT molecular complexity index is 476. The average Bonchev–Trinajstić information content (AvgIpc) is 2.56. The van der Waals surface area contributed by atoms with Crippen LogP contribution in [-0.4, -0.2) is 43.6 Å². The average molecular weight is 304 g/mol. The van der Waals surface area contributed by atoms with E-state index in [1.807, 2.05) is 17.0 Å². The van der Waals surface area contributed by atoms with Gasteiger partial charge in [-0.25, -0.2) is 0 Å². The van der Waals surface area contributed by atoms with Crippen LogP contribution in [-0.2, 0) is 10.2 Å². The number of hydrogen-bond donors (Lipinski definition) is 1. The standard InChI is InChI=1S/C18H28N2O2/c1-4-18(2,3)15-5-7-16(8-6-15)22-14-9-17(21)20-12-10-19-11-13-20/h5-8,19H,4,9-14H2,1-3H3. The number of hydrogen-bond acceptors (Lipinski definition) is 3. The fourth-order valence-corrected chi connectivity index (χ4v) is 2.54. The van der Waals surface area contributed by atoms with Crippen LogP contribution >= 0.6 is 0 Å². The molecule has 0 spiro atoms. The van der Waals surface area contributed by atoms with E-state index in [4.69, 9.17) is 4.74 Å². The SMILES string of the molecule is CCC(C)(C)c1ccc(OCCC(=O)N2CCNCC2)cc1. The lowest BCUT2D eigenvalue weighted by atomic mass is 9.82. The minimum atomic E-state index is 0.185. The quantitative estimate of drug-likeness (QED) is 0.878. The van der Waals surface area contributed by atoms with Gasteiger partial charge in [-0.1, -0.05) is 32.9 Å². The highest BCUT2D eigenvalue weighted by molar-refractivity contribution is 5.76. The van der Waals surface area contributed by atoms with Gasteiger partial charge >= 0.3 is 0 Å². The fraction of sp³-hybridized carbons (Fsp3) is 0.611. The zero-order valence-electron chi connectivity index (χ0n) is 14.0. The monoisotopic (exact) mass is 304 g/mol. The molecule has 1 saturated heterocycles. The Morgan fingerprint density at radius 2 is 1.86 bits per heavy atom. The van der Waals surface area contributed by atoms with Gasteiger partial charge in [0.05, 0.1) is 13.0 Å². The lowest BCUT2D eigenvalue weighted by Crippen LogP contribution is -2.46. The second-order valence-corrected chi connectivity index (χ2v) is 6.49. The lowest BCUT2D eigenvalue weighted by molar-refractivity contribution is -0.132. The van der Waals surface area contributed by atoms with Crippen LogP contribution in [0.5, 0.6) is 5.75 Å². The van der Waals surface area contributed by atoms with Crippen LogP contribution in [0.4, 0.5) is 0 Å². The second-order valence-electron chi connectivity index (χ2n) is 6.49. The third kappa shape index (κ3) is 4.47. The number of rotatable bonds is 6. The molecule has 4 heteroatoms. The molecule has 1 amide bonds. The molecule has 0 aromatic heterocycles. The van der Waals surface area contributed by atoms with Crippen LogP contribution in [0.15, 0.2) is 24.3 Å². The minimum Gasteiger partial charge on any atom is -0.493 e. The summed E-state index contributed by atoms with van der Waals surface area (Å²) in [5.41, 5.74) is 1.51. The van der Waals surface area contributed by atoms with Gasteiger partial charge in [-0.3, -0.25) is 4.79 Å². The molecule has 0 radical (unpaired) electrons. The summed E-state index contributed by atoms with van der Waals surface area (Å²) in [6.07, 6.45) is 1.55. The molecule has 0 bridgehead atoms. The lowest BCUT2D eigenvalue weighted by Gasteiger charge is -2.27. The Morgan fingerprint density at radius 3 is 2.45 bits per heavy atom. The summed E-state index contributed by atoms with van der Waals surface area (Å²) < 4.78 is 5.71. The molecule has 1 aromatic rings. The zero-order valence-corrected chi connectivity index (χ0v) is 14.0. The van der Waals surface area contributed by atoms with E-state index in [1.165, 1.54) is 5.56 Å². The number of amides is 1. The van der Waals surface area contributed by atoms with Crippen LogP contribution in [0.1, 0.15) is 39.2 Å². The minimum absolute atomic E-state index is 0.185. The highest BCUT2D eigenvalue weighted by Crippen LogP contribution is 2.28. The summed E-state index contributed by atoms with van der Waals surface area (Å²) in [5.74, 6) is 1.02. The molecule has 0 atom stereocenters. The third-order valence-electron chi connectivity index (χ3n) is 4.57. The maximum atomic E-state index is 12.0. The largest absolute Gasteiger partial charge is 0.493 e. The molecule has 22 heavy (non-hydrogen) atoms. The van der Waals surface area contributed by atoms with Crippen molar-refractivity contribution in [2.45, 2.75) is 39.0 Å². The van der Waals surface area contributed by atoms with Crippen molar-refractivity contribution in [1.29, 1.82) is 0 Å². The van der Waals surface area contributed by atoms with Crippen molar-refractivity contribution in [3.05, 3.63) is 29.8 Å². The van der Waals surface area contributed by atoms with Gasteiger partial charge in [-0.2, -0.15) is 0 Å². The molecular formula is C18H28N2O2.